The predicted molar refractivity (Wildman–Crippen MR) is 119 cm³/mol. The molecule has 2 aliphatic rings. The van der Waals surface area contributed by atoms with Crippen LogP contribution in [0.15, 0.2) is 64.7 Å². The number of anilines is 2. The minimum absolute atomic E-state index is 0.0489. The summed E-state index contributed by atoms with van der Waals surface area (Å²) >= 11 is 1.68. The van der Waals surface area contributed by atoms with E-state index in [1.54, 1.807) is 11.8 Å². The highest BCUT2D eigenvalue weighted by molar-refractivity contribution is 7.98. The molecule has 0 radical (unpaired) electrons. The summed E-state index contributed by atoms with van der Waals surface area (Å²) in [4.78, 5) is 29.5. The number of thioether (sulfide) groups is 1. The normalized spacial score (nSPS) is 18.6. The Morgan fingerprint density at radius 3 is 2.62 bits per heavy atom. The quantitative estimate of drug-likeness (QED) is 0.660. The molecule has 1 heterocycles. The van der Waals surface area contributed by atoms with Gasteiger partial charge in [-0.1, -0.05) is 31.2 Å². The maximum absolute atomic E-state index is 13.4. The summed E-state index contributed by atoms with van der Waals surface area (Å²) in [5.74, 6) is 0.188. The van der Waals surface area contributed by atoms with E-state index in [4.69, 9.17) is 0 Å². The summed E-state index contributed by atoms with van der Waals surface area (Å²) in [7, 11) is 0. The number of Topliss-reactive ketones (excluding diaryl/α,β-unsaturated/α-hetero) is 1. The van der Waals surface area contributed by atoms with Crippen LogP contribution >= 0.6 is 11.8 Å². The van der Waals surface area contributed by atoms with E-state index in [1.165, 1.54) is 0 Å². The van der Waals surface area contributed by atoms with Crippen molar-refractivity contribution in [1.82, 2.24) is 0 Å². The first kappa shape index (κ1) is 19.8. The maximum atomic E-state index is 13.4. The molecule has 4 rings (SSSR count). The van der Waals surface area contributed by atoms with Gasteiger partial charge >= 0.3 is 0 Å². The molecule has 1 amide bonds. The average molecular weight is 407 g/mol. The summed E-state index contributed by atoms with van der Waals surface area (Å²) in [6.07, 6.45) is 5.46. The lowest BCUT2D eigenvalue weighted by Crippen LogP contribution is -2.37. The van der Waals surface area contributed by atoms with Crippen LogP contribution in [0.4, 0.5) is 11.4 Å². The number of carbonyl (C=O) groups excluding carboxylic acids is 2. The zero-order chi connectivity index (χ0) is 20.4. The Kier molecular flexibility index (Phi) is 5.76. The zero-order valence-electron chi connectivity index (χ0n) is 16.9. The lowest BCUT2D eigenvalue weighted by molar-refractivity contribution is -0.119. The first-order valence-corrected chi connectivity index (χ1v) is 11.4. The number of para-hydroxylation sites is 2. The Morgan fingerprint density at radius 1 is 1.14 bits per heavy atom. The third kappa shape index (κ3) is 3.71. The number of allylic oxidation sites excluding steroid dienone is 1. The van der Waals surface area contributed by atoms with Gasteiger partial charge in [0.1, 0.15) is 0 Å². The standard InChI is InChI=1S/C24H26N2O2S/c1-3-7-22(28)26-20-10-5-4-8-18(20)25-19-9-6-11-21(27)23(19)24(26)16-12-14-17(29-2)15-13-16/h4-5,8,10,12-15,24-25H,3,6-7,9,11H2,1-2H3/t24-/m0/s1. The molecule has 1 N–H and O–H groups in total. The van der Waals surface area contributed by atoms with Gasteiger partial charge in [0.05, 0.1) is 17.4 Å². The zero-order valence-corrected chi connectivity index (χ0v) is 17.7. The van der Waals surface area contributed by atoms with Crippen LogP contribution in [-0.4, -0.2) is 17.9 Å². The molecule has 0 aromatic heterocycles. The molecule has 4 nitrogen and oxygen atoms in total. The van der Waals surface area contributed by atoms with Gasteiger partial charge in [-0.25, -0.2) is 0 Å². The van der Waals surface area contributed by atoms with Crippen molar-refractivity contribution in [3.63, 3.8) is 0 Å². The second-order valence-corrected chi connectivity index (χ2v) is 8.38. The van der Waals surface area contributed by atoms with Crippen molar-refractivity contribution in [1.29, 1.82) is 0 Å². The van der Waals surface area contributed by atoms with Crippen molar-refractivity contribution in [2.75, 3.05) is 16.5 Å². The maximum Gasteiger partial charge on any atom is 0.227 e. The van der Waals surface area contributed by atoms with Crippen molar-refractivity contribution in [2.24, 2.45) is 0 Å². The Hall–Kier alpha value is -2.53. The lowest BCUT2D eigenvalue weighted by atomic mass is 9.85. The number of amides is 1. The SMILES string of the molecule is CCCC(=O)N1c2ccccc2NC2=C(C(=O)CCC2)[C@@H]1c1ccc(SC)cc1. The van der Waals surface area contributed by atoms with Crippen molar-refractivity contribution in [2.45, 2.75) is 50.0 Å². The predicted octanol–water partition coefficient (Wildman–Crippen LogP) is 5.72. The molecule has 0 fully saturated rings. The molecule has 0 spiro atoms. The molecule has 150 valence electrons. The molecule has 0 unspecified atom stereocenters. The second kappa shape index (κ2) is 8.46. The van der Waals surface area contributed by atoms with Crippen LogP contribution in [0.1, 0.15) is 50.6 Å². The second-order valence-electron chi connectivity index (χ2n) is 7.50. The van der Waals surface area contributed by atoms with Gasteiger partial charge in [0, 0.05) is 29.0 Å². The van der Waals surface area contributed by atoms with Crippen LogP contribution < -0.4 is 10.2 Å². The van der Waals surface area contributed by atoms with Gasteiger partial charge in [-0.2, -0.15) is 0 Å². The largest absolute Gasteiger partial charge is 0.357 e. The third-order valence-corrected chi connectivity index (χ3v) is 6.34. The highest BCUT2D eigenvalue weighted by Gasteiger charge is 2.39. The first-order chi connectivity index (χ1) is 14.1. The molecule has 0 bridgehead atoms. The van der Waals surface area contributed by atoms with E-state index in [9.17, 15) is 9.59 Å². The number of carbonyl (C=O) groups is 2. The molecule has 0 saturated carbocycles. The summed E-state index contributed by atoms with van der Waals surface area (Å²) in [5, 5.41) is 3.50. The van der Waals surface area contributed by atoms with Crippen molar-refractivity contribution in [3.8, 4) is 0 Å². The monoisotopic (exact) mass is 406 g/mol. The van der Waals surface area contributed by atoms with E-state index in [2.05, 4.69) is 29.6 Å². The van der Waals surface area contributed by atoms with Crippen LogP contribution in [0.2, 0.25) is 0 Å². The van der Waals surface area contributed by atoms with E-state index in [0.29, 0.717) is 12.8 Å². The Balaban J connectivity index is 1.95. The Morgan fingerprint density at radius 2 is 1.90 bits per heavy atom. The highest BCUT2D eigenvalue weighted by Crippen LogP contribution is 2.45. The van der Waals surface area contributed by atoms with Gasteiger partial charge in [0.2, 0.25) is 5.91 Å². The number of rotatable bonds is 4. The van der Waals surface area contributed by atoms with E-state index < -0.39 is 6.04 Å². The molecule has 1 atom stereocenters. The van der Waals surface area contributed by atoms with Crippen molar-refractivity contribution in [3.05, 3.63) is 65.4 Å². The summed E-state index contributed by atoms with van der Waals surface area (Å²) in [6, 6.07) is 15.7. The van der Waals surface area contributed by atoms with Crippen LogP contribution in [0.3, 0.4) is 0 Å². The van der Waals surface area contributed by atoms with Gasteiger partial charge in [0.15, 0.2) is 5.78 Å². The van der Waals surface area contributed by atoms with Gasteiger partial charge in [-0.3, -0.25) is 14.5 Å². The number of nitrogens with one attached hydrogen (secondary N) is 1. The van der Waals surface area contributed by atoms with Crippen LogP contribution in [0, 0.1) is 0 Å². The number of fused-ring (bicyclic) bond motifs is 1. The topological polar surface area (TPSA) is 49.4 Å². The Bertz CT molecular complexity index is 965. The van der Waals surface area contributed by atoms with E-state index in [-0.39, 0.29) is 11.7 Å². The fourth-order valence-electron chi connectivity index (χ4n) is 4.25. The van der Waals surface area contributed by atoms with Gasteiger partial charge < -0.3 is 5.32 Å². The summed E-state index contributed by atoms with van der Waals surface area (Å²) < 4.78 is 0. The fourth-order valence-corrected chi connectivity index (χ4v) is 4.65. The molecule has 29 heavy (non-hydrogen) atoms. The van der Waals surface area contributed by atoms with E-state index in [1.807, 2.05) is 42.3 Å². The highest BCUT2D eigenvalue weighted by atomic mass is 32.2. The number of hydrogen-bond donors (Lipinski definition) is 1. The third-order valence-electron chi connectivity index (χ3n) is 5.60. The number of nitrogens with zero attached hydrogens (tertiary/aromatic N) is 1. The van der Waals surface area contributed by atoms with E-state index in [0.717, 1.165) is 52.4 Å². The summed E-state index contributed by atoms with van der Waals surface area (Å²) in [6.45, 7) is 2.01. The fraction of sp³-hybridized carbons (Fsp3) is 0.333. The van der Waals surface area contributed by atoms with E-state index >= 15 is 0 Å². The minimum Gasteiger partial charge on any atom is -0.357 e. The lowest BCUT2D eigenvalue weighted by Gasteiger charge is -2.34. The molecule has 0 saturated heterocycles. The number of benzene rings is 2. The van der Waals surface area contributed by atoms with Crippen LogP contribution in [-0.2, 0) is 9.59 Å². The average Bonchev–Trinajstić information content (AvgIpc) is 2.89. The molecule has 2 aromatic rings. The molecule has 1 aliphatic carbocycles. The minimum atomic E-state index is -0.399. The molecule has 1 aliphatic heterocycles. The van der Waals surface area contributed by atoms with Gasteiger partial charge in [0.25, 0.3) is 0 Å². The first-order valence-electron chi connectivity index (χ1n) is 10.2. The van der Waals surface area contributed by atoms with Crippen molar-refractivity contribution < 1.29 is 9.59 Å². The van der Waals surface area contributed by atoms with Gasteiger partial charge in [-0.15, -0.1) is 11.8 Å². The van der Waals surface area contributed by atoms with Crippen LogP contribution in [0.25, 0.3) is 0 Å². The smallest absolute Gasteiger partial charge is 0.227 e. The Labute approximate surface area is 176 Å². The number of hydrogen-bond acceptors (Lipinski definition) is 4. The van der Waals surface area contributed by atoms with Crippen LogP contribution in [0.5, 0.6) is 0 Å². The molecule has 2 aromatic carbocycles. The number of ketones is 1. The molecule has 5 heteroatoms. The molecular formula is C24H26N2O2S. The van der Waals surface area contributed by atoms with Crippen molar-refractivity contribution >= 4 is 34.8 Å². The van der Waals surface area contributed by atoms with Gasteiger partial charge in [-0.05, 0) is 55.3 Å². The summed E-state index contributed by atoms with van der Waals surface area (Å²) in [5.41, 5.74) is 4.41. The molecular weight excluding hydrogens is 380 g/mol.